The molecule has 3 rings (SSSR count). The van der Waals surface area contributed by atoms with Crippen LogP contribution in [0.4, 0.5) is 0 Å². The highest BCUT2D eigenvalue weighted by molar-refractivity contribution is 5.92. The summed E-state index contributed by atoms with van der Waals surface area (Å²) in [6, 6.07) is 18.7. The molecule has 0 spiro atoms. The molecule has 0 radical (unpaired) electrons. The van der Waals surface area contributed by atoms with E-state index in [9.17, 15) is 14.4 Å². The van der Waals surface area contributed by atoms with E-state index in [2.05, 4.69) is 15.6 Å². The average molecular weight is 578 g/mol. The molecule has 1 heterocycles. The molecule has 2 unspecified atom stereocenters. The monoisotopic (exact) mass is 577 g/mol. The number of aliphatic imine (C=N–C) groups is 1. The number of nitrogens with two attached hydrogens (primary N) is 1. The molecular weight excluding hydrogens is 530 g/mol. The van der Waals surface area contributed by atoms with Crippen molar-refractivity contribution in [3.05, 3.63) is 83.7 Å². The SMILES string of the molecule is C/C=N\C(=C/C)NC(=O)C(COCc1ccccc1)NC(=O)C(C)(C)N.CC(C(=O)N1CCCCC1)c1ccccc1. The number of benzene rings is 2. The van der Waals surface area contributed by atoms with Crippen LogP contribution in [0.3, 0.4) is 0 Å². The largest absolute Gasteiger partial charge is 0.374 e. The molecule has 1 saturated heterocycles. The molecule has 1 aliphatic rings. The Kier molecular flexibility index (Phi) is 14.6. The van der Waals surface area contributed by atoms with E-state index in [-0.39, 0.29) is 18.4 Å². The lowest BCUT2D eigenvalue weighted by atomic mass is 9.98. The predicted octanol–water partition coefficient (Wildman–Crippen LogP) is 4.30. The fraction of sp³-hybridized carbons (Fsp3) is 0.455. The lowest BCUT2D eigenvalue weighted by molar-refractivity contribution is -0.133. The van der Waals surface area contributed by atoms with Crippen LogP contribution in [0.5, 0.6) is 0 Å². The van der Waals surface area contributed by atoms with Crippen molar-refractivity contribution in [1.29, 1.82) is 0 Å². The van der Waals surface area contributed by atoms with Crippen LogP contribution < -0.4 is 16.4 Å². The summed E-state index contributed by atoms with van der Waals surface area (Å²) in [7, 11) is 0. The number of nitrogens with zero attached hydrogens (tertiary/aromatic N) is 2. The van der Waals surface area contributed by atoms with Gasteiger partial charge < -0.3 is 26.0 Å². The number of carbonyl (C=O) groups excluding carboxylic acids is 3. The lowest BCUT2D eigenvalue weighted by Gasteiger charge is -2.29. The number of carbonyl (C=O) groups is 3. The van der Waals surface area contributed by atoms with Crippen molar-refractivity contribution in [1.82, 2.24) is 15.5 Å². The van der Waals surface area contributed by atoms with E-state index >= 15 is 0 Å². The number of hydrogen-bond donors (Lipinski definition) is 3. The van der Waals surface area contributed by atoms with Gasteiger partial charge in [0.25, 0.3) is 5.91 Å². The third-order valence-corrected chi connectivity index (χ3v) is 6.73. The molecule has 4 N–H and O–H groups in total. The molecular formula is C33H47N5O4. The van der Waals surface area contributed by atoms with Crippen molar-refractivity contribution >= 4 is 23.9 Å². The van der Waals surface area contributed by atoms with Gasteiger partial charge in [-0.3, -0.25) is 14.4 Å². The number of rotatable bonds is 11. The van der Waals surface area contributed by atoms with Gasteiger partial charge in [-0.05, 0) is 71.1 Å². The van der Waals surface area contributed by atoms with Gasteiger partial charge in [-0.15, -0.1) is 0 Å². The first-order valence-corrected chi connectivity index (χ1v) is 14.6. The summed E-state index contributed by atoms with van der Waals surface area (Å²) >= 11 is 0. The number of ether oxygens (including phenoxy) is 1. The number of amides is 3. The van der Waals surface area contributed by atoms with Crippen molar-refractivity contribution in [2.75, 3.05) is 19.7 Å². The van der Waals surface area contributed by atoms with E-state index < -0.39 is 23.4 Å². The Hall–Kier alpha value is -3.82. The van der Waals surface area contributed by atoms with E-state index in [1.54, 1.807) is 40.0 Å². The second kappa shape index (κ2) is 17.9. The van der Waals surface area contributed by atoms with Crippen molar-refractivity contribution in [3.8, 4) is 0 Å². The second-order valence-electron chi connectivity index (χ2n) is 10.8. The molecule has 0 aromatic heterocycles. The highest BCUT2D eigenvalue weighted by atomic mass is 16.5. The zero-order valence-corrected chi connectivity index (χ0v) is 25.6. The molecule has 0 aliphatic carbocycles. The molecule has 0 saturated carbocycles. The maximum absolute atomic E-state index is 12.5. The highest BCUT2D eigenvalue weighted by Crippen LogP contribution is 2.20. The summed E-state index contributed by atoms with van der Waals surface area (Å²) in [5.41, 5.74) is 6.79. The van der Waals surface area contributed by atoms with Gasteiger partial charge in [0.05, 0.1) is 24.7 Å². The zero-order valence-electron chi connectivity index (χ0n) is 25.6. The molecule has 42 heavy (non-hydrogen) atoms. The maximum atomic E-state index is 12.5. The summed E-state index contributed by atoms with van der Waals surface area (Å²) in [6.45, 7) is 10.9. The third-order valence-electron chi connectivity index (χ3n) is 6.73. The normalized spacial score (nSPS) is 15.3. The first kappa shape index (κ1) is 34.4. The Morgan fingerprint density at radius 3 is 2.14 bits per heavy atom. The molecule has 228 valence electrons. The van der Waals surface area contributed by atoms with Crippen LogP contribution in [0.15, 0.2) is 77.6 Å². The van der Waals surface area contributed by atoms with Crippen LogP contribution in [0, 0.1) is 0 Å². The molecule has 9 heteroatoms. The molecule has 2 aromatic carbocycles. The summed E-state index contributed by atoms with van der Waals surface area (Å²) in [4.78, 5) is 43.0. The Morgan fingerprint density at radius 2 is 1.60 bits per heavy atom. The number of allylic oxidation sites excluding steroid dienone is 1. The van der Waals surface area contributed by atoms with E-state index in [0.717, 1.165) is 37.1 Å². The van der Waals surface area contributed by atoms with Crippen LogP contribution in [0.25, 0.3) is 0 Å². The molecule has 0 bridgehead atoms. The number of likely N-dealkylation sites (tertiary alicyclic amines) is 1. The van der Waals surface area contributed by atoms with Gasteiger partial charge in [-0.2, -0.15) is 0 Å². The van der Waals surface area contributed by atoms with Crippen LogP contribution in [-0.4, -0.2) is 60.1 Å². The summed E-state index contributed by atoms with van der Waals surface area (Å²) < 4.78 is 5.62. The van der Waals surface area contributed by atoms with Gasteiger partial charge in [0, 0.05) is 19.3 Å². The van der Waals surface area contributed by atoms with Gasteiger partial charge in [0.1, 0.15) is 11.9 Å². The fourth-order valence-electron chi connectivity index (χ4n) is 4.20. The Balaban J connectivity index is 0.000000327. The number of piperidine rings is 1. The van der Waals surface area contributed by atoms with E-state index in [0.29, 0.717) is 12.4 Å². The summed E-state index contributed by atoms with van der Waals surface area (Å²) in [5.74, 6) is -0.187. The van der Waals surface area contributed by atoms with Crippen LogP contribution in [0.1, 0.15) is 70.9 Å². The van der Waals surface area contributed by atoms with Crippen molar-refractivity contribution in [3.63, 3.8) is 0 Å². The zero-order chi connectivity index (χ0) is 31.0. The topological polar surface area (TPSA) is 126 Å². The Morgan fingerprint density at radius 1 is 1.00 bits per heavy atom. The van der Waals surface area contributed by atoms with Crippen molar-refractivity contribution < 1.29 is 19.1 Å². The predicted molar refractivity (Wildman–Crippen MR) is 168 cm³/mol. The smallest absolute Gasteiger partial charge is 0.250 e. The summed E-state index contributed by atoms with van der Waals surface area (Å²) in [5, 5.41) is 5.30. The quantitative estimate of drug-likeness (QED) is 0.344. The number of nitrogens with one attached hydrogen (secondary N) is 2. The summed E-state index contributed by atoms with van der Waals surface area (Å²) in [6.07, 6.45) is 6.82. The molecule has 2 atom stereocenters. The molecule has 1 fully saturated rings. The minimum atomic E-state index is -1.11. The van der Waals surface area contributed by atoms with E-state index in [1.807, 2.05) is 72.5 Å². The van der Waals surface area contributed by atoms with E-state index in [4.69, 9.17) is 10.5 Å². The molecule has 3 amide bonds. The van der Waals surface area contributed by atoms with Gasteiger partial charge in [-0.1, -0.05) is 60.7 Å². The van der Waals surface area contributed by atoms with Crippen molar-refractivity contribution in [2.24, 2.45) is 10.7 Å². The van der Waals surface area contributed by atoms with Gasteiger partial charge in [0.2, 0.25) is 11.8 Å². The minimum Gasteiger partial charge on any atom is -0.374 e. The van der Waals surface area contributed by atoms with Gasteiger partial charge in [-0.25, -0.2) is 4.99 Å². The van der Waals surface area contributed by atoms with Gasteiger partial charge >= 0.3 is 0 Å². The van der Waals surface area contributed by atoms with Gasteiger partial charge in [0.15, 0.2) is 0 Å². The van der Waals surface area contributed by atoms with E-state index in [1.165, 1.54) is 6.42 Å². The third kappa shape index (κ3) is 12.0. The van der Waals surface area contributed by atoms with Crippen LogP contribution in [-0.2, 0) is 25.7 Å². The van der Waals surface area contributed by atoms with Crippen molar-refractivity contribution in [2.45, 2.75) is 78.0 Å². The fourth-order valence-corrected chi connectivity index (χ4v) is 4.20. The Labute approximate surface area is 250 Å². The first-order valence-electron chi connectivity index (χ1n) is 14.6. The van der Waals surface area contributed by atoms with Crippen LogP contribution in [0.2, 0.25) is 0 Å². The lowest BCUT2D eigenvalue weighted by Crippen LogP contribution is -2.57. The minimum absolute atomic E-state index is 0.000648. The molecule has 1 aliphatic heterocycles. The highest BCUT2D eigenvalue weighted by Gasteiger charge is 2.28. The molecule has 9 nitrogen and oxygen atoms in total. The molecule has 2 aromatic rings. The van der Waals surface area contributed by atoms with Crippen LogP contribution >= 0.6 is 0 Å². The average Bonchev–Trinajstić information content (AvgIpc) is 3.00. The number of hydrogen-bond acceptors (Lipinski definition) is 6. The Bertz CT molecular complexity index is 1170. The standard InChI is InChI=1S/C19H28N4O3.C14H19NO/c1-5-16(21-6-2)23-17(24)15(22-18(25)19(3,4)20)13-26-12-14-10-8-7-9-11-14;1-12(13-8-4-2-5-9-13)14(16)15-10-6-3-7-11-15/h5-11,15H,12-13,20H2,1-4H3,(H,22,25)(H,23,24);2,4-5,8-9,12H,3,6-7,10-11H2,1H3/b16-5+,21-6-;. The first-order chi connectivity index (χ1) is 20.1. The second-order valence-corrected chi connectivity index (χ2v) is 10.8. The maximum Gasteiger partial charge on any atom is 0.250 e.